The van der Waals surface area contributed by atoms with Crippen molar-refractivity contribution >= 4 is 0 Å². The maximum Gasteiger partial charge on any atom is 0.105 e. The van der Waals surface area contributed by atoms with Crippen molar-refractivity contribution < 1.29 is 4.74 Å². The van der Waals surface area contributed by atoms with Gasteiger partial charge in [0, 0.05) is 5.92 Å². The van der Waals surface area contributed by atoms with Crippen molar-refractivity contribution in [2.45, 2.75) is 65.4 Å². The third kappa shape index (κ3) is 3.78. The second kappa shape index (κ2) is 6.98. The molecule has 1 aromatic carbocycles. The van der Waals surface area contributed by atoms with Gasteiger partial charge in [-0.15, -0.1) is 0 Å². The summed E-state index contributed by atoms with van der Waals surface area (Å²) in [4.78, 5) is 0. The highest BCUT2D eigenvalue weighted by Crippen LogP contribution is 2.38. The van der Waals surface area contributed by atoms with Crippen LogP contribution in [-0.4, -0.2) is 6.10 Å². The molecule has 114 valence electrons. The molecule has 2 rings (SSSR count). The Morgan fingerprint density at radius 3 is 2.38 bits per heavy atom. The molecule has 0 bridgehead atoms. The fourth-order valence-electron chi connectivity index (χ4n) is 3.61. The minimum atomic E-state index is 0.300. The van der Waals surface area contributed by atoms with Gasteiger partial charge < -0.3 is 4.74 Å². The molecule has 0 heterocycles. The lowest BCUT2D eigenvalue weighted by molar-refractivity contribution is 0.0833. The fraction of sp³-hybridized carbons (Fsp3) is 0.500. The number of hydrogen-bond acceptors (Lipinski definition) is 1. The zero-order valence-electron chi connectivity index (χ0n) is 13.9. The van der Waals surface area contributed by atoms with E-state index in [0.717, 1.165) is 12.0 Å². The molecule has 0 spiro atoms. The highest BCUT2D eigenvalue weighted by molar-refractivity contribution is 5.40. The number of aryl methyl sites for hydroxylation is 3. The summed E-state index contributed by atoms with van der Waals surface area (Å²) in [5.41, 5.74) is 6.78. The third-order valence-electron chi connectivity index (χ3n) is 4.56. The molecule has 1 heteroatoms. The molecule has 0 unspecified atom stereocenters. The maximum absolute atomic E-state index is 6.11. The van der Waals surface area contributed by atoms with E-state index in [1.54, 1.807) is 0 Å². The summed E-state index contributed by atoms with van der Waals surface area (Å²) in [6, 6.07) is 4.61. The van der Waals surface area contributed by atoms with Gasteiger partial charge in [0.25, 0.3) is 0 Å². The molecule has 0 N–H and O–H groups in total. The molecule has 21 heavy (non-hydrogen) atoms. The van der Waals surface area contributed by atoms with E-state index in [2.05, 4.69) is 39.5 Å². The molecule has 0 aromatic heterocycles. The molecule has 1 aromatic rings. The van der Waals surface area contributed by atoms with E-state index in [-0.39, 0.29) is 0 Å². The van der Waals surface area contributed by atoms with Crippen LogP contribution < -0.4 is 0 Å². The van der Waals surface area contributed by atoms with Crippen LogP contribution in [0.2, 0.25) is 0 Å². The molecule has 1 saturated carbocycles. The highest BCUT2D eigenvalue weighted by Gasteiger charge is 2.29. The number of rotatable bonds is 4. The highest BCUT2D eigenvalue weighted by atomic mass is 16.5. The van der Waals surface area contributed by atoms with Gasteiger partial charge in [-0.1, -0.05) is 36.8 Å². The minimum absolute atomic E-state index is 0.300. The van der Waals surface area contributed by atoms with Crippen LogP contribution in [-0.2, 0) is 4.74 Å². The lowest BCUT2D eigenvalue weighted by atomic mass is 9.78. The van der Waals surface area contributed by atoms with Crippen LogP contribution in [0.4, 0.5) is 0 Å². The molecule has 0 saturated heterocycles. The fourth-order valence-corrected chi connectivity index (χ4v) is 3.61. The Bertz CT molecular complexity index is 516. The van der Waals surface area contributed by atoms with Gasteiger partial charge in [0.15, 0.2) is 0 Å². The second-order valence-corrected chi connectivity index (χ2v) is 6.44. The van der Waals surface area contributed by atoms with Crippen molar-refractivity contribution in [2.75, 3.05) is 0 Å². The van der Waals surface area contributed by atoms with Crippen molar-refractivity contribution in [1.29, 1.82) is 0 Å². The van der Waals surface area contributed by atoms with Crippen molar-refractivity contribution in [2.24, 2.45) is 0 Å². The van der Waals surface area contributed by atoms with Gasteiger partial charge in [0.2, 0.25) is 0 Å². The Hall–Kier alpha value is -1.50. The summed E-state index contributed by atoms with van der Waals surface area (Å²) < 4.78 is 6.11. The zero-order chi connectivity index (χ0) is 15.4. The smallest absolute Gasteiger partial charge is 0.105 e. The SMILES string of the molecule is C=C/C(C)=C/O[C@H]1CCCC[C@@H]1c1c(C)cc(C)cc1C. The predicted octanol–water partition coefficient (Wildman–Crippen LogP) is 5.74. The molecule has 0 radical (unpaired) electrons. The first-order chi connectivity index (χ1) is 10.0. The Balaban J connectivity index is 2.29. The number of benzene rings is 1. The molecular formula is C20H28O. The van der Waals surface area contributed by atoms with E-state index in [1.165, 1.54) is 41.5 Å². The van der Waals surface area contributed by atoms with Crippen molar-refractivity contribution in [1.82, 2.24) is 0 Å². The Morgan fingerprint density at radius 1 is 1.14 bits per heavy atom. The number of ether oxygens (including phenoxy) is 1. The predicted molar refractivity (Wildman–Crippen MR) is 90.7 cm³/mol. The Kier molecular flexibility index (Phi) is 5.27. The normalized spacial score (nSPS) is 23.0. The lowest BCUT2D eigenvalue weighted by Crippen LogP contribution is -2.26. The second-order valence-electron chi connectivity index (χ2n) is 6.44. The van der Waals surface area contributed by atoms with Crippen LogP contribution in [0, 0.1) is 20.8 Å². The van der Waals surface area contributed by atoms with Gasteiger partial charge in [-0.05, 0) is 69.2 Å². The quantitative estimate of drug-likeness (QED) is 0.505. The molecule has 1 fully saturated rings. The van der Waals surface area contributed by atoms with Crippen LogP contribution in [0.3, 0.4) is 0 Å². The van der Waals surface area contributed by atoms with Crippen LogP contribution in [0.5, 0.6) is 0 Å². The third-order valence-corrected chi connectivity index (χ3v) is 4.56. The van der Waals surface area contributed by atoms with E-state index < -0.39 is 0 Å². The summed E-state index contributed by atoms with van der Waals surface area (Å²) in [5, 5.41) is 0. The standard InChI is InChI=1S/C20H28O/c1-6-14(2)13-21-19-10-8-7-9-18(19)20-16(4)11-15(3)12-17(20)5/h6,11-13,18-19H,1,7-10H2,2-5H3/b14-13+/t18-,19-/m0/s1. The Labute approximate surface area is 129 Å². The topological polar surface area (TPSA) is 9.23 Å². The largest absolute Gasteiger partial charge is 0.497 e. The zero-order valence-corrected chi connectivity index (χ0v) is 13.9. The van der Waals surface area contributed by atoms with E-state index in [4.69, 9.17) is 4.74 Å². The lowest BCUT2D eigenvalue weighted by Gasteiger charge is -2.33. The number of allylic oxidation sites excluding steroid dienone is 2. The summed E-state index contributed by atoms with van der Waals surface area (Å²) in [7, 11) is 0. The first-order valence-electron chi connectivity index (χ1n) is 8.05. The van der Waals surface area contributed by atoms with E-state index in [0.29, 0.717) is 12.0 Å². The van der Waals surface area contributed by atoms with Crippen LogP contribution in [0.15, 0.2) is 36.6 Å². The van der Waals surface area contributed by atoms with E-state index in [9.17, 15) is 0 Å². The first-order valence-corrected chi connectivity index (χ1v) is 8.05. The van der Waals surface area contributed by atoms with Gasteiger partial charge in [-0.25, -0.2) is 0 Å². The molecule has 0 amide bonds. The van der Waals surface area contributed by atoms with Gasteiger partial charge in [0.1, 0.15) is 6.10 Å². The van der Waals surface area contributed by atoms with Gasteiger partial charge in [-0.2, -0.15) is 0 Å². The van der Waals surface area contributed by atoms with Gasteiger partial charge in [-0.3, -0.25) is 0 Å². The summed E-state index contributed by atoms with van der Waals surface area (Å²) in [6.45, 7) is 12.5. The summed E-state index contributed by atoms with van der Waals surface area (Å²) >= 11 is 0. The van der Waals surface area contributed by atoms with Crippen LogP contribution in [0.1, 0.15) is 60.8 Å². The minimum Gasteiger partial charge on any atom is -0.497 e. The first kappa shape index (κ1) is 15.9. The van der Waals surface area contributed by atoms with E-state index in [1.807, 2.05) is 19.3 Å². The average molecular weight is 284 g/mol. The van der Waals surface area contributed by atoms with E-state index >= 15 is 0 Å². The molecule has 1 nitrogen and oxygen atoms in total. The molecule has 2 atom stereocenters. The Morgan fingerprint density at radius 2 is 1.76 bits per heavy atom. The summed E-state index contributed by atoms with van der Waals surface area (Å²) in [6.07, 6.45) is 8.99. The maximum atomic E-state index is 6.11. The van der Waals surface area contributed by atoms with Crippen LogP contribution >= 0.6 is 0 Å². The van der Waals surface area contributed by atoms with Crippen molar-refractivity contribution in [3.05, 3.63) is 58.9 Å². The van der Waals surface area contributed by atoms with Crippen molar-refractivity contribution in [3.8, 4) is 0 Å². The number of hydrogen-bond donors (Lipinski definition) is 0. The van der Waals surface area contributed by atoms with Gasteiger partial charge in [0.05, 0.1) is 6.26 Å². The molecule has 0 aliphatic heterocycles. The summed E-state index contributed by atoms with van der Waals surface area (Å²) in [5.74, 6) is 0.521. The van der Waals surface area contributed by atoms with Gasteiger partial charge >= 0.3 is 0 Å². The van der Waals surface area contributed by atoms with Crippen LogP contribution in [0.25, 0.3) is 0 Å². The monoisotopic (exact) mass is 284 g/mol. The molecule has 1 aliphatic carbocycles. The van der Waals surface area contributed by atoms with Crippen molar-refractivity contribution in [3.63, 3.8) is 0 Å². The average Bonchev–Trinajstić information content (AvgIpc) is 2.44. The molecular weight excluding hydrogens is 256 g/mol. The molecule has 1 aliphatic rings.